The summed E-state index contributed by atoms with van der Waals surface area (Å²) in [6.45, 7) is 7.56. The van der Waals surface area contributed by atoms with Crippen molar-refractivity contribution in [3.63, 3.8) is 0 Å². The van der Waals surface area contributed by atoms with Gasteiger partial charge < -0.3 is 19.7 Å². The van der Waals surface area contributed by atoms with E-state index < -0.39 is 12.0 Å². The van der Waals surface area contributed by atoms with Crippen LogP contribution in [0.5, 0.6) is 5.75 Å². The average molecular weight is 390 g/mol. The number of para-hydroxylation sites is 1. The Bertz CT molecular complexity index is 689. The van der Waals surface area contributed by atoms with E-state index in [-0.39, 0.29) is 18.2 Å². The van der Waals surface area contributed by atoms with Crippen LogP contribution in [0.15, 0.2) is 24.3 Å². The molecular formula is C21H30N2O5. The second-order valence-corrected chi connectivity index (χ2v) is 7.26. The van der Waals surface area contributed by atoms with Crippen molar-refractivity contribution in [3.8, 4) is 5.75 Å². The summed E-state index contributed by atoms with van der Waals surface area (Å²) in [5, 5.41) is 2.73. The van der Waals surface area contributed by atoms with E-state index in [0.717, 1.165) is 12.8 Å². The quantitative estimate of drug-likeness (QED) is 0.655. The van der Waals surface area contributed by atoms with Crippen molar-refractivity contribution in [1.82, 2.24) is 10.2 Å². The standard InChI is InChI=1S/C21H30N2O5/c1-4-12-27-18-8-6-5-7-16(18)21(26)23-11-10-22-20(25)17(23)14-19(24)28-13-9-15(2)3/h5-8,15,17H,4,9-14H2,1-3H3,(H,22,25). The van der Waals surface area contributed by atoms with Gasteiger partial charge in [0.1, 0.15) is 11.8 Å². The van der Waals surface area contributed by atoms with Gasteiger partial charge in [0.2, 0.25) is 5.91 Å². The van der Waals surface area contributed by atoms with E-state index in [1.54, 1.807) is 24.3 Å². The highest BCUT2D eigenvalue weighted by Crippen LogP contribution is 2.23. The summed E-state index contributed by atoms with van der Waals surface area (Å²) in [6.07, 6.45) is 1.42. The van der Waals surface area contributed by atoms with Crippen LogP contribution in [0.3, 0.4) is 0 Å². The van der Waals surface area contributed by atoms with Gasteiger partial charge in [-0.15, -0.1) is 0 Å². The molecule has 0 aliphatic carbocycles. The van der Waals surface area contributed by atoms with Gasteiger partial charge in [-0.1, -0.05) is 32.9 Å². The number of hydrogen-bond acceptors (Lipinski definition) is 5. The normalized spacial score (nSPS) is 16.6. The van der Waals surface area contributed by atoms with Crippen molar-refractivity contribution in [2.75, 3.05) is 26.3 Å². The van der Waals surface area contributed by atoms with E-state index in [1.165, 1.54) is 4.90 Å². The fourth-order valence-electron chi connectivity index (χ4n) is 2.92. The number of carbonyl (C=O) groups excluding carboxylic acids is 3. The van der Waals surface area contributed by atoms with Gasteiger partial charge in [-0.2, -0.15) is 0 Å². The Morgan fingerprint density at radius 2 is 2.00 bits per heavy atom. The molecule has 7 nitrogen and oxygen atoms in total. The number of carbonyl (C=O) groups is 3. The van der Waals surface area contributed by atoms with Gasteiger partial charge in [0, 0.05) is 13.1 Å². The third-order valence-electron chi connectivity index (χ3n) is 4.49. The van der Waals surface area contributed by atoms with Gasteiger partial charge in [-0.25, -0.2) is 0 Å². The molecular weight excluding hydrogens is 360 g/mol. The SMILES string of the molecule is CCCOc1ccccc1C(=O)N1CCNC(=O)C1CC(=O)OCCC(C)C. The summed E-state index contributed by atoms with van der Waals surface area (Å²) in [6, 6.07) is 6.09. The zero-order valence-electron chi connectivity index (χ0n) is 16.9. The van der Waals surface area contributed by atoms with Crippen molar-refractivity contribution in [3.05, 3.63) is 29.8 Å². The molecule has 154 valence electrons. The van der Waals surface area contributed by atoms with Crippen molar-refractivity contribution < 1.29 is 23.9 Å². The predicted octanol–water partition coefficient (Wildman–Crippen LogP) is 2.40. The highest BCUT2D eigenvalue weighted by Gasteiger charge is 2.36. The van der Waals surface area contributed by atoms with Crippen molar-refractivity contribution in [2.24, 2.45) is 5.92 Å². The summed E-state index contributed by atoms with van der Waals surface area (Å²) in [5.74, 6) is -0.230. The Kier molecular flexibility index (Phi) is 8.29. The van der Waals surface area contributed by atoms with E-state index in [4.69, 9.17) is 9.47 Å². The van der Waals surface area contributed by atoms with Crippen LogP contribution < -0.4 is 10.1 Å². The largest absolute Gasteiger partial charge is 0.493 e. The first-order valence-corrected chi connectivity index (χ1v) is 9.90. The van der Waals surface area contributed by atoms with Crippen LogP contribution in [0.25, 0.3) is 0 Å². The highest BCUT2D eigenvalue weighted by atomic mass is 16.5. The monoisotopic (exact) mass is 390 g/mol. The Morgan fingerprint density at radius 3 is 2.71 bits per heavy atom. The molecule has 0 saturated carbocycles. The molecule has 1 heterocycles. The minimum atomic E-state index is -0.882. The molecule has 1 atom stereocenters. The molecule has 1 fully saturated rings. The first kappa shape index (κ1) is 21.7. The Balaban J connectivity index is 2.12. The first-order valence-electron chi connectivity index (χ1n) is 9.90. The van der Waals surface area contributed by atoms with Crippen molar-refractivity contribution in [2.45, 2.75) is 46.1 Å². The molecule has 1 aromatic rings. The number of benzene rings is 1. The Hall–Kier alpha value is -2.57. The van der Waals surface area contributed by atoms with E-state index in [1.807, 2.05) is 20.8 Å². The molecule has 0 spiro atoms. The lowest BCUT2D eigenvalue weighted by atomic mass is 10.1. The van der Waals surface area contributed by atoms with Gasteiger partial charge in [0.05, 0.1) is 25.2 Å². The summed E-state index contributed by atoms with van der Waals surface area (Å²) in [5.41, 5.74) is 0.392. The van der Waals surface area contributed by atoms with E-state index in [0.29, 0.717) is 43.5 Å². The number of amides is 2. The van der Waals surface area contributed by atoms with Crippen LogP contribution >= 0.6 is 0 Å². The van der Waals surface area contributed by atoms with Crippen LogP contribution in [0, 0.1) is 5.92 Å². The molecule has 0 bridgehead atoms. The third kappa shape index (κ3) is 5.97. The molecule has 2 amide bonds. The van der Waals surface area contributed by atoms with Gasteiger partial charge in [0.15, 0.2) is 0 Å². The third-order valence-corrected chi connectivity index (χ3v) is 4.49. The number of rotatable bonds is 9. The number of nitrogens with one attached hydrogen (secondary N) is 1. The zero-order chi connectivity index (χ0) is 20.5. The van der Waals surface area contributed by atoms with Gasteiger partial charge in [-0.3, -0.25) is 14.4 Å². The second-order valence-electron chi connectivity index (χ2n) is 7.26. The summed E-state index contributed by atoms with van der Waals surface area (Å²) >= 11 is 0. The van der Waals surface area contributed by atoms with Crippen LogP contribution in [0.1, 0.15) is 50.4 Å². The van der Waals surface area contributed by atoms with E-state index in [9.17, 15) is 14.4 Å². The number of nitrogens with zero attached hydrogens (tertiary/aromatic N) is 1. The van der Waals surface area contributed by atoms with E-state index >= 15 is 0 Å². The Morgan fingerprint density at radius 1 is 1.25 bits per heavy atom. The summed E-state index contributed by atoms with van der Waals surface area (Å²) in [4.78, 5) is 39.1. The van der Waals surface area contributed by atoms with Crippen LogP contribution in [-0.4, -0.2) is 55.0 Å². The fourth-order valence-corrected chi connectivity index (χ4v) is 2.92. The first-order chi connectivity index (χ1) is 13.4. The Labute approximate surface area is 166 Å². The molecule has 1 aromatic carbocycles. The molecule has 7 heteroatoms. The van der Waals surface area contributed by atoms with Crippen molar-refractivity contribution >= 4 is 17.8 Å². The van der Waals surface area contributed by atoms with Crippen LogP contribution in [-0.2, 0) is 14.3 Å². The number of esters is 1. The van der Waals surface area contributed by atoms with Gasteiger partial charge in [0.25, 0.3) is 5.91 Å². The molecule has 0 radical (unpaired) electrons. The predicted molar refractivity (Wildman–Crippen MR) is 105 cm³/mol. The number of piperazine rings is 1. The van der Waals surface area contributed by atoms with Crippen LogP contribution in [0.4, 0.5) is 0 Å². The maximum atomic E-state index is 13.1. The van der Waals surface area contributed by atoms with Crippen molar-refractivity contribution in [1.29, 1.82) is 0 Å². The second kappa shape index (κ2) is 10.7. The summed E-state index contributed by atoms with van der Waals surface area (Å²) < 4.78 is 10.9. The van der Waals surface area contributed by atoms with E-state index in [2.05, 4.69) is 5.32 Å². The molecule has 1 unspecified atom stereocenters. The average Bonchev–Trinajstić information content (AvgIpc) is 2.67. The maximum Gasteiger partial charge on any atom is 0.308 e. The lowest BCUT2D eigenvalue weighted by Gasteiger charge is -2.34. The smallest absolute Gasteiger partial charge is 0.308 e. The molecule has 28 heavy (non-hydrogen) atoms. The maximum absolute atomic E-state index is 13.1. The zero-order valence-corrected chi connectivity index (χ0v) is 16.9. The lowest BCUT2D eigenvalue weighted by Crippen LogP contribution is -2.57. The van der Waals surface area contributed by atoms with Crippen LogP contribution in [0.2, 0.25) is 0 Å². The number of ether oxygens (including phenoxy) is 2. The fraction of sp³-hybridized carbons (Fsp3) is 0.571. The molecule has 2 rings (SSSR count). The molecule has 1 saturated heterocycles. The molecule has 0 aromatic heterocycles. The van der Waals surface area contributed by atoms with Gasteiger partial charge >= 0.3 is 5.97 Å². The minimum absolute atomic E-state index is 0.159. The minimum Gasteiger partial charge on any atom is -0.493 e. The lowest BCUT2D eigenvalue weighted by molar-refractivity contribution is -0.148. The highest BCUT2D eigenvalue weighted by molar-refractivity contribution is 6.01. The number of hydrogen-bond donors (Lipinski definition) is 1. The summed E-state index contributed by atoms with van der Waals surface area (Å²) in [7, 11) is 0. The van der Waals surface area contributed by atoms with Gasteiger partial charge in [-0.05, 0) is 30.9 Å². The molecule has 1 aliphatic heterocycles. The topological polar surface area (TPSA) is 84.9 Å². The molecule has 1 N–H and O–H groups in total. The molecule has 1 aliphatic rings.